The van der Waals surface area contributed by atoms with Gasteiger partial charge in [0.1, 0.15) is 6.54 Å². The number of hydrogen-bond donors (Lipinski definition) is 0. The first-order valence-electron chi connectivity index (χ1n) is 9.38. The summed E-state index contributed by atoms with van der Waals surface area (Å²) in [6, 6.07) is 11.3. The van der Waals surface area contributed by atoms with Crippen LogP contribution in [0.4, 0.5) is 0 Å². The lowest BCUT2D eigenvalue weighted by molar-refractivity contribution is 0.0733. The van der Waals surface area contributed by atoms with Crippen LogP contribution < -0.4 is 9.47 Å². The Labute approximate surface area is 170 Å². The van der Waals surface area contributed by atoms with Crippen molar-refractivity contribution in [2.45, 2.75) is 27.3 Å². The van der Waals surface area contributed by atoms with Crippen molar-refractivity contribution in [2.75, 3.05) is 20.8 Å². The lowest BCUT2D eigenvalue weighted by Crippen LogP contribution is -2.31. The molecule has 0 aliphatic carbocycles. The Morgan fingerprint density at radius 2 is 1.83 bits per heavy atom. The second-order valence-electron chi connectivity index (χ2n) is 6.72. The summed E-state index contributed by atoms with van der Waals surface area (Å²) in [6.07, 6.45) is 0. The van der Waals surface area contributed by atoms with Gasteiger partial charge in [-0.25, -0.2) is 0 Å². The molecule has 1 amide bonds. The van der Waals surface area contributed by atoms with E-state index in [4.69, 9.17) is 14.0 Å². The molecule has 0 spiro atoms. The number of aryl methyl sites for hydroxylation is 2. The molecule has 7 heteroatoms. The van der Waals surface area contributed by atoms with Gasteiger partial charge in [0, 0.05) is 17.7 Å². The van der Waals surface area contributed by atoms with Crippen molar-refractivity contribution in [3.63, 3.8) is 0 Å². The minimum atomic E-state index is -0.0560. The molecule has 0 N–H and O–H groups in total. The first-order chi connectivity index (χ1) is 14.0. The van der Waals surface area contributed by atoms with Crippen LogP contribution in [-0.2, 0) is 6.54 Å². The average Bonchev–Trinajstić information content (AvgIpc) is 3.21. The summed E-state index contributed by atoms with van der Waals surface area (Å²) in [7, 11) is 3.15. The number of methoxy groups -OCH3 is 2. The van der Waals surface area contributed by atoms with Crippen LogP contribution in [0.1, 0.15) is 34.3 Å². The third-order valence-corrected chi connectivity index (χ3v) is 4.73. The normalized spacial score (nSPS) is 10.7. The molecule has 0 saturated heterocycles. The van der Waals surface area contributed by atoms with Gasteiger partial charge in [-0.1, -0.05) is 22.9 Å². The molecule has 0 saturated carbocycles. The maximum Gasteiger partial charge on any atom is 0.254 e. The van der Waals surface area contributed by atoms with Crippen LogP contribution in [0.3, 0.4) is 0 Å². The van der Waals surface area contributed by atoms with Crippen molar-refractivity contribution in [1.82, 2.24) is 15.0 Å². The Balaban J connectivity index is 1.81. The molecule has 0 atom stereocenters. The van der Waals surface area contributed by atoms with Crippen molar-refractivity contribution in [3.8, 4) is 22.9 Å². The summed E-state index contributed by atoms with van der Waals surface area (Å²) in [5.74, 6) is 1.94. The molecule has 0 bridgehead atoms. The van der Waals surface area contributed by atoms with Crippen LogP contribution >= 0.6 is 0 Å². The first-order valence-corrected chi connectivity index (χ1v) is 9.38. The fraction of sp³-hybridized carbons (Fsp3) is 0.318. The van der Waals surface area contributed by atoms with Crippen LogP contribution in [0.15, 0.2) is 40.9 Å². The molecular formula is C22H25N3O4. The van der Waals surface area contributed by atoms with E-state index in [-0.39, 0.29) is 12.5 Å². The zero-order valence-corrected chi connectivity index (χ0v) is 17.4. The molecule has 0 fully saturated rings. The third-order valence-electron chi connectivity index (χ3n) is 4.73. The number of amides is 1. The molecule has 1 aromatic heterocycles. The van der Waals surface area contributed by atoms with Crippen molar-refractivity contribution >= 4 is 5.91 Å². The van der Waals surface area contributed by atoms with Gasteiger partial charge in [-0.2, -0.15) is 4.98 Å². The molecule has 3 aromatic rings. The SMILES string of the molecule is CCN(Cc1nc(-c2ccc(OC)c(OC)c2)no1)C(=O)c1cc(C)ccc1C. The third kappa shape index (κ3) is 4.39. The zero-order valence-electron chi connectivity index (χ0n) is 17.4. The van der Waals surface area contributed by atoms with Gasteiger partial charge in [0.2, 0.25) is 11.7 Å². The van der Waals surface area contributed by atoms with Gasteiger partial charge in [-0.3, -0.25) is 4.79 Å². The monoisotopic (exact) mass is 395 g/mol. The highest BCUT2D eigenvalue weighted by Crippen LogP contribution is 2.31. The van der Waals surface area contributed by atoms with E-state index in [9.17, 15) is 4.79 Å². The summed E-state index contributed by atoms with van der Waals surface area (Å²) < 4.78 is 16.0. The Morgan fingerprint density at radius 3 is 2.52 bits per heavy atom. The molecule has 0 aliphatic heterocycles. The number of nitrogens with zero attached hydrogens (tertiary/aromatic N) is 3. The molecule has 2 aromatic carbocycles. The van der Waals surface area contributed by atoms with Gasteiger partial charge in [0.15, 0.2) is 11.5 Å². The highest BCUT2D eigenvalue weighted by Gasteiger charge is 2.20. The van der Waals surface area contributed by atoms with Crippen LogP contribution in [0.5, 0.6) is 11.5 Å². The number of hydrogen-bond acceptors (Lipinski definition) is 6. The second-order valence-corrected chi connectivity index (χ2v) is 6.72. The molecule has 1 heterocycles. The van der Waals surface area contributed by atoms with Crippen LogP contribution in [0.25, 0.3) is 11.4 Å². The highest BCUT2D eigenvalue weighted by atomic mass is 16.5. The second kappa shape index (κ2) is 8.77. The molecule has 0 radical (unpaired) electrons. The smallest absolute Gasteiger partial charge is 0.254 e. The fourth-order valence-electron chi connectivity index (χ4n) is 3.04. The van der Waals surface area contributed by atoms with Crippen LogP contribution in [0.2, 0.25) is 0 Å². The van der Waals surface area contributed by atoms with E-state index in [1.54, 1.807) is 31.3 Å². The van der Waals surface area contributed by atoms with Gasteiger partial charge in [0.05, 0.1) is 14.2 Å². The van der Waals surface area contributed by atoms with E-state index in [0.29, 0.717) is 35.3 Å². The van der Waals surface area contributed by atoms with Crippen molar-refractivity contribution in [3.05, 3.63) is 59.0 Å². The summed E-state index contributed by atoms with van der Waals surface area (Å²) in [5.41, 5.74) is 3.41. The fourth-order valence-corrected chi connectivity index (χ4v) is 3.04. The standard InChI is InChI=1S/C22H25N3O4/c1-6-25(22(26)17-11-14(2)7-8-15(17)3)13-20-23-21(24-29-20)16-9-10-18(27-4)19(12-16)28-5/h7-12H,6,13H2,1-5H3. The Hall–Kier alpha value is -3.35. The zero-order chi connectivity index (χ0) is 21.0. The first kappa shape index (κ1) is 20.4. The number of carbonyl (C=O) groups excluding carboxylic acids is 1. The van der Waals surface area contributed by atoms with E-state index in [2.05, 4.69) is 10.1 Å². The summed E-state index contributed by atoms with van der Waals surface area (Å²) in [5, 5.41) is 4.05. The highest BCUT2D eigenvalue weighted by molar-refractivity contribution is 5.95. The maximum absolute atomic E-state index is 13.0. The van der Waals surface area contributed by atoms with Gasteiger partial charge < -0.3 is 18.9 Å². The largest absolute Gasteiger partial charge is 0.493 e. The Bertz CT molecular complexity index is 1010. The van der Waals surface area contributed by atoms with Gasteiger partial charge in [0.25, 0.3) is 5.91 Å². The topological polar surface area (TPSA) is 77.7 Å². The molecular weight excluding hydrogens is 370 g/mol. The summed E-state index contributed by atoms with van der Waals surface area (Å²) >= 11 is 0. The molecule has 3 rings (SSSR count). The number of rotatable bonds is 7. The molecule has 7 nitrogen and oxygen atoms in total. The maximum atomic E-state index is 13.0. The molecule has 29 heavy (non-hydrogen) atoms. The lowest BCUT2D eigenvalue weighted by atomic mass is 10.0. The summed E-state index contributed by atoms with van der Waals surface area (Å²) in [4.78, 5) is 19.1. The lowest BCUT2D eigenvalue weighted by Gasteiger charge is -2.20. The van der Waals surface area contributed by atoms with Crippen molar-refractivity contribution < 1.29 is 18.8 Å². The minimum Gasteiger partial charge on any atom is -0.493 e. The Kier molecular flexibility index (Phi) is 6.16. The van der Waals surface area contributed by atoms with E-state index in [0.717, 1.165) is 16.7 Å². The minimum absolute atomic E-state index is 0.0560. The van der Waals surface area contributed by atoms with E-state index in [1.165, 1.54) is 0 Å². The molecule has 152 valence electrons. The predicted molar refractivity (Wildman–Crippen MR) is 109 cm³/mol. The Morgan fingerprint density at radius 1 is 1.07 bits per heavy atom. The van der Waals surface area contributed by atoms with E-state index >= 15 is 0 Å². The van der Waals surface area contributed by atoms with Crippen LogP contribution in [-0.4, -0.2) is 41.7 Å². The predicted octanol–water partition coefficient (Wildman–Crippen LogP) is 4.03. The van der Waals surface area contributed by atoms with Crippen molar-refractivity contribution in [2.24, 2.45) is 0 Å². The van der Waals surface area contributed by atoms with Crippen molar-refractivity contribution in [1.29, 1.82) is 0 Å². The number of carbonyl (C=O) groups is 1. The van der Waals surface area contributed by atoms with E-state index < -0.39 is 0 Å². The number of benzene rings is 2. The number of aromatic nitrogens is 2. The summed E-state index contributed by atoms with van der Waals surface area (Å²) in [6.45, 7) is 6.60. The molecule has 0 aliphatic rings. The quantitative estimate of drug-likeness (QED) is 0.601. The van der Waals surface area contributed by atoms with Crippen LogP contribution in [0, 0.1) is 13.8 Å². The van der Waals surface area contributed by atoms with Gasteiger partial charge >= 0.3 is 0 Å². The van der Waals surface area contributed by atoms with Gasteiger partial charge in [-0.05, 0) is 50.6 Å². The average molecular weight is 395 g/mol. The van der Waals surface area contributed by atoms with Gasteiger partial charge in [-0.15, -0.1) is 0 Å². The van der Waals surface area contributed by atoms with E-state index in [1.807, 2.05) is 45.0 Å². The molecule has 0 unspecified atom stereocenters. The number of ether oxygens (including phenoxy) is 2.